The van der Waals surface area contributed by atoms with Crippen LogP contribution in [0.2, 0.25) is 0 Å². The first-order valence-electron chi connectivity index (χ1n) is 17.6. The first-order valence-corrected chi connectivity index (χ1v) is 19.0. The minimum atomic E-state index is -4.00. The molecular formula is C38H62N2O4S. The van der Waals surface area contributed by atoms with E-state index < -0.39 is 21.8 Å². The summed E-state index contributed by atoms with van der Waals surface area (Å²) < 4.78 is 32.1. The standard InChI is InChI=1S/C38H62N2O4S/c1-7-8-9-10-11-12-13-14-15-16-17-18-19-20-21-24-31-38(4,39-37(41)35-25-22-23-26-36(35)40(5)6)33(3)44-45(42,43)34-29-27-32(2)28-30-34/h22-23,25-30,33H,7-21,24,31H2,1-6H3,(H,39,41). The monoisotopic (exact) mass is 642 g/mol. The average Bonchev–Trinajstić information content (AvgIpc) is 3.00. The highest BCUT2D eigenvalue weighted by Gasteiger charge is 2.37. The molecule has 2 unspecified atom stereocenters. The summed E-state index contributed by atoms with van der Waals surface area (Å²) >= 11 is 0. The van der Waals surface area contributed by atoms with Gasteiger partial charge in [0.05, 0.1) is 22.1 Å². The van der Waals surface area contributed by atoms with Crippen LogP contribution in [-0.2, 0) is 14.3 Å². The predicted molar refractivity (Wildman–Crippen MR) is 190 cm³/mol. The normalized spacial score (nSPS) is 13.7. The van der Waals surface area contributed by atoms with Crippen LogP contribution < -0.4 is 10.2 Å². The van der Waals surface area contributed by atoms with Crippen LogP contribution in [0.1, 0.15) is 146 Å². The van der Waals surface area contributed by atoms with E-state index in [0.29, 0.717) is 12.0 Å². The largest absolute Gasteiger partial charge is 0.377 e. The zero-order chi connectivity index (χ0) is 33.1. The molecule has 254 valence electrons. The van der Waals surface area contributed by atoms with Crippen molar-refractivity contribution in [3.8, 4) is 0 Å². The van der Waals surface area contributed by atoms with E-state index >= 15 is 0 Å². The number of benzene rings is 2. The maximum atomic E-state index is 13.6. The summed E-state index contributed by atoms with van der Waals surface area (Å²) in [7, 11) is -0.193. The van der Waals surface area contributed by atoms with Gasteiger partial charge in [0.25, 0.3) is 16.0 Å². The van der Waals surface area contributed by atoms with Crippen molar-refractivity contribution in [3.63, 3.8) is 0 Å². The molecule has 0 saturated carbocycles. The number of hydrogen-bond donors (Lipinski definition) is 1. The van der Waals surface area contributed by atoms with Crippen molar-refractivity contribution in [1.29, 1.82) is 0 Å². The van der Waals surface area contributed by atoms with Gasteiger partial charge in [0.15, 0.2) is 0 Å². The zero-order valence-electron chi connectivity index (χ0n) is 29.2. The van der Waals surface area contributed by atoms with E-state index in [1.807, 2.05) is 51.0 Å². The fourth-order valence-electron chi connectivity index (χ4n) is 5.85. The third-order valence-corrected chi connectivity index (χ3v) is 10.4. The third-order valence-electron chi connectivity index (χ3n) is 9.06. The first kappa shape index (κ1) is 38.8. The second-order valence-electron chi connectivity index (χ2n) is 13.3. The number of nitrogens with one attached hydrogen (secondary N) is 1. The first-order chi connectivity index (χ1) is 21.5. The molecule has 0 fully saturated rings. The number of carbonyl (C=O) groups is 1. The van der Waals surface area contributed by atoms with Gasteiger partial charge in [-0.3, -0.25) is 8.98 Å². The topological polar surface area (TPSA) is 75.7 Å². The Bertz CT molecular complexity index is 1210. The summed E-state index contributed by atoms with van der Waals surface area (Å²) in [5.74, 6) is -0.235. The molecule has 0 saturated heterocycles. The number of amides is 1. The Morgan fingerprint density at radius 3 is 1.73 bits per heavy atom. The SMILES string of the molecule is CCCCCCCCCCCCCCCCCCC(C)(NC(=O)c1ccccc1N(C)C)C(C)OS(=O)(=O)c1ccc(C)cc1. The van der Waals surface area contributed by atoms with Gasteiger partial charge in [-0.25, -0.2) is 0 Å². The minimum Gasteiger partial charge on any atom is -0.377 e. The molecule has 1 N–H and O–H groups in total. The van der Waals surface area contributed by atoms with Gasteiger partial charge in [0.2, 0.25) is 0 Å². The zero-order valence-corrected chi connectivity index (χ0v) is 30.0. The van der Waals surface area contributed by atoms with Crippen LogP contribution in [0.15, 0.2) is 53.4 Å². The highest BCUT2D eigenvalue weighted by atomic mass is 32.2. The predicted octanol–water partition coefficient (Wildman–Crippen LogP) is 10.00. The lowest BCUT2D eigenvalue weighted by molar-refractivity contribution is 0.0721. The maximum absolute atomic E-state index is 13.6. The minimum absolute atomic E-state index is 0.119. The van der Waals surface area contributed by atoms with Crippen molar-refractivity contribution >= 4 is 21.7 Å². The van der Waals surface area contributed by atoms with Crippen molar-refractivity contribution in [2.75, 3.05) is 19.0 Å². The second-order valence-corrected chi connectivity index (χ2v) is 14.9. The summed E-state index contributed by atoms with van der Waals surface area (Å²) in [6.45, 7) is 7.84. The van der Waals surface area contributed by atoms with Crippen molar-refractivity contribution in [2.45, 2.75) is 153 Å². The molecule has 0 heterocycles. The fourth-order valence-corrected chi connectivity index (χ4v) is 7.02. The summed E-state index contributed by atoms with van der Waals surface area (Å²) in [6, 6.07) is 14.1. The second kappa shape index (κ2) is 20.7. The molecule has 0 spiro atoms. The van der Waals surface area contributed by atoms with E-state index in [4.69, 9.17) is 4.18 Å². The summed E-state index contributed by atoms with van der Waals surface area (Å²) in [5.41, 5.74) is 1.45. The van der Waals surface area contributed by atoms with E-state index in [1.54, 1.807) is 37.3 Å². The van der Waals surface area contributed by atoms with Gasteiger partial charge in [-0.05, 0) is 51.5 Å². The number of rotatable bonds is 24. The molecule has 0 bridgehead atoms. The lowest BCUT2D eigenvalue weighted by Crippen LogP contribution is -2.55. The lowest BCUT2D eigenvalue weighted by Gasteiger charge is -2.36. The lowest BCUT2D eigenvalue weighted by atomic mass is 9.88. The van der Waals surface area contributed by atoms with Gasteiger partial charge >= 0.3 is 0 Å². The highest BCUT2D eigenvalue weighted by Crippen LogP contribution is 2.28. The van der Waals surface area contributed by atoms with Crippen LogP contribution >= 0.6 is 0 Å². The van der Waals surface area contributed by atoms with E-state index in [1.165, 1.54) is 83.5 Å². The van der Waals surface area contributed by atoms with E-state index in [2.05, 4.69) is 12.2 Å². The molecule has 0 aliphatic heterocycles. The summed E-state index contributed by atoms with van der Waals surface area (Å²) in [6.07, 6.45) is 20.4. The Morgan fingerprint density at radius 1 is 0.778 bits per heavy atom. The fraction of sp³-hybridized carbons (Fsp3) is 0.658. The van der Waals surface area contributed by atoms with Crippen LogP contribution in [0.5, 0.6) is 0 Å². The van der Waals surface area contributed by atoms with Gasteiger partial charge in [-0.1, -0.05) is 139 Å². The van der Waals surface area contributed by atoms with Gasteiger partial charge in [0.1, 0.15) is 0 Å². The molecule has 0 radical (unpaired) electrons. The molecule has 45 heavy (non-hydrogen) atoms. The average molecular weight is 643 g/mol. The highest BCUT2D eigenvalue weighted by molar-refractivity contribution is 7.86. The number of hydrogen-bond acceptors (Lipinski definition) is 5. The van der Waals surface area contributed by atoms with Crippen LogP contribution in [-0.4, -0.2) is 40.1 Å². The molecule has 7 heteroatoms. The number of aryl methyl sites for hydroxylation is 1. The van der Waals surface area contributed by atoms with Crippen LogP contribution in [0, 0.1) is 6.92 Å². The Hall–Kier alpha value is -2.38. The molecule has 2 aromatic carbocycles. The van der Waals surface area contributed by atoms with Gasteiger partial charge in [-0.15, -0.1) is 0 Å². The maximum Gasteiger partial charge on any atom is 0.297 e. The molecule has 2 atom stereocenters. The smallest absolute Gasteiger partial charge is 0.297 e. The molecule has 0 aromatic heterocycles. The molecule has 0 aliphatic carbocycles. The van der Waals surface area contributed by atoms with E-state index in [0.717, 1.165) is 30.5 Å². The molecule has 1 amide bonds. The number of anilines is 1. The molecule has 2 rings (SSSR count). The van der Waals surface area contributed by atoms with E-state index in [9.17, 15) is 13.2 Å². The molecule has 6 nitrogen and oxygen atoms in total. The molecule has 0 aliphatic rings. The Balaban J connectivity index is 1.88. The number of nitrogens with zero attached hydrogens (tertiary/aromatic N) is 1. The van der Waals surface area contributed by atoms with Crippen LogP contribution in [0.3, 0.4) is 0 Å². The number of unbranched alkanes of at least 4 members (excludes halogenated alkanes) is 15. The van der Waals surface area contributed by atoms with Crippen molar-refractivity contribution in [3.05, 3.63) is 59.7 Å². The van der Waals surface area contributed by atoms with Crippen LogP contribution in [0.4, 0.5) is 5.69 Å². The van der Waals surface area contributed by atoms with Crippen molar-refractivity contribution < 1.29 is 17.4 Å². The summed E-state index contributed by atoms with van der Waals surface area (Å²) in [4.78, 5) is 15.6. The van der Waals surface area contributed by atoms with Gasteiger partial charge in [-0.2, -0.15) is 8.42 Å². The summed E-state index contributed by atoms with van der Waals surface area (Å²) in [5, 5.41) is 3.19. The molecule has 2 aromatic rings. The number of carbonyl (C=O) groups excluding carboxylic acids is 1. The van der Waals surface area contributed by atoms with Gasteiger partial charge in [0, 0.05) is 19.8 Å². The molecular weight excluding hydrogens is 580 g/mol. The van der Waals surface area contributed by atoms with Crippen LogP contribution in [0.25, 0.3) is 0 Å². The van der Waals surface area contributed by atoms with Crippen molar-refractivity contribution in [1.82, 2.24) is 5.32 Å². The Labute approximate surface area is 275 Å². The number of para-hydroxylation sites is 1. The van der Waals surface area contributed by atoms with Crippen molar-refractivity contribution in [2.24, 2.45) is 0 Å². The Kier molecular flexibility index (Phi) is 17.8. The third kappa shape index (κ3) is 14.3. The Morgan fingerprint density at radius 2 is 1.24 bits per heavy atom. The quantitative estimate of drug-likeness (QED) is 0.0911. The van der Waals surface area contributed by atoms with E-state index in [-0.39, 0.29) is 10.8 Å². The van der Waals surface area contributed by atoms with Gasteiger partial charge < -0.3 is 10.2 Å².